The van der Waals surface area contributed by atoms with Crippen molar-refractivity contribution in [3.63, 3.8) is 0 Å². The Morgan fingerprint density at radius 1 is 0.865 bits per heavy atom. The maximum absolute atomic E-state index is 13.9. The summed E-state index contributed by atoms with van der Waals surface area (Å²) >= 11 is 0. The van der Waals surface area contributed by atoms with Crippen molar-refractivity contribution in [3.8, 4) is 33.8 Å². The van der Waals surface area contributed by atoms with Crippen LogP contribution in [0.25, 0.3) is 55.7 Å². The highest BCUT2D eigenvalue weighted by molar-refractivity contribution is 6.00. The average molecular weight is 490 g/mol. The zero-order valence-corrected chi connectivity index (χ0v) is 20.1. The van der Waals surface area contributed by atoms with Crippen LogP contribution in [-0.2, 0) is 6.54 Å². The summed E-state index contributed by atoms with van der Waals surface area (Å²) < 4.78 is 13.9. The van der Waals surface area contributed by atoms with Crippen molar-refractivity contribution >= 4 is 21.9 Å². The van der Waals surface area contributed by atoms with Crippen LogP contribution >= 0.6 is 0 Å². The molecule has 37 heavy (non-hydrogen) atoms. The molecule has 0 spiro atoms. The Morgan fingerprint density at radius 2 is 1.76 bits per heavy atom. The van der Waals surface area contributed by atoms with Crippen molar-refractivity contribution in [2.45, 2.75) is 19.4 Å². The van der Waals surface area contributed by atoms with E-state index in [9.17, 15) is 4.39 Å². The van der Waals surface area contributed by atoms with Crippen molar-refractivity contribution in [3.05, 3.63) is 84.7 Å². The minimum absolute atomic E-state index is 0.278. The molecule has 182 valence electrons. The second kappa shape index (κ2) is 8.90. The van der Waals surface area contributed by atoms with Crippen LogP contribution in [0.4, 0.5) is 4.39 Å². The first-order valence-corrected chi connectivity index (χ1v) is 12.5. The highest BCUT2D eigenvalue weighted by Crippen LogP contribution is 2.34. The van der Waals surface area contributed by atoms with E-state index in [1.54, 1.807) is 18.5 Å². The fourth-order valence-electron chi connectivity index (χ4n) is 5.23. The Balaban J connectivity index is 1.28. The minimum atomic E-state index is -0.278. The van der Waals surface area contributed by atoms with Crippen molar-refractivity contribution < 1.29 is 4.39 Å². The Bertz CT molecular complexity index is 1750. The van der Waals surface area contributed by atoms with Crippen LogP contribution in [0.2, 0.25) is 0 Å². The summed E-state index contributed by atoms with van der Waals surface area (Å²) in [6.07, 6.45) is 9.87. The van der Waals surface area contributed by atoms with Crippen LogP contribution in [0.5, 0.6) is 0 Å². The first-order valence-electron chi connectivity index (χ1n) is 12.5. The second-order valence-corrected chi connectivity index (χ2v) is 9.57. The van der Waals surface area contributed by atoms with Gasteiger partial charge < -0.3 is 4.98 Å². The number of hydrogen-bond acceptors (Lipinski definition) is 5. The molecular weight excluding hydrogens is 465 g/mol. The molecular formula is C29H24FN7. The summed E-state index contributed by atoms with van der Waals surface area (Å²) in [7, 11) is 0. The van der Waals surface area contributed by atoms with Crippen LogP contribution in [0.3, 0.4) is 0 Å². The zero-order chi connectivity index (χ0) is 24.8. The number of nitrogens with one attached hydrogen (secondary N) is 2. The normalized spacial score (nSPS) is 14.2. The molecule has 1 fully saturated rings. The first-order chi connectivity index (χ1) is 18.2. The maximum atomic E-state index is 13.9. The number of rotatable bonds is 5. The van der Waals surface area contributed by atoms with Gasteiger partial charge in [0.2, 0.25) is 0 Å². The van der Waals surface area contributed by atoms with E-state index in [0.29, 0.717) is 0 Å². The minimum Gasteiger partial charge on any atom is -0.352 e. The van der Waals surface area contributed by atoms with Crippen molar-refractivity contribution in [1.29, 1.82) is 0 Å². The summed E-state index contributed by atoms with van der Waals surface area (Å²) in [4.78, 5) is 19.7. The van der Waals surface area contributed by atoms with Crippen LogP contribution in [0, 0.1) is 5.82 Å². The summed E-state index contributed by atoms with van der Waals surface area (Å²) in [6, 6.07) is 14.8. The van der Waals surface area contributed by atoms with E-state index < -0.39 is 0 Å². The number of fused-ring (bicyclic) bond motifs is 2. The molecule has 5 aromatic heterocycles. The van der Waals surface area contributed by atoms with Crippen molar-refractivity contribution in [1.82, 2.24) is 35.0 Å². The molecule has 0 unspecified atom stereocenters. The second-order valence-electron chi connectivity index (χ2n) is 9.57. The van der Waals surface area contributed by atoms with Gasteiger partial charge in [0, 0.05) is 41.6 Å². The fraction of sp³-hybridized carbons (Fsp3) is 0.172. The third kappa shape index (κ3) is 4.05. The van der Waals surface area contributed by atoms with E-state index in [0.717, 1.165) is 75.3 Å². The van der Waals surface area contributed by atoms with E-state index in [-0.39, 0.29) is 5.82 Å². The van der Waals surface area contributed by atoms with E-state index >= 15 is 0 Å². The van der Waals surface area contributed by atoms with Gasteiger partial charge in [-0.1, -0.05) is 12.1 Å². The van der Waals surface area contributed by atoms with E-state index in [4.69, 9.17) is 4.98 Å². The highest BCUT2D eigenvalue weighted by Gasteiger charge is 2.17. The van der Waals surface area contributed by atoms with Crippen LogP contribution in [0.1, 0.15) is 18.4 Å². The van der Waals surface area contributed by atoms with Gasteiger partial charge in [0.05, 0.1) is 28.6 Å². The molecule has 2 N–H and O–H groups in total. The van der Waals surface area contributed by atoms with Crippen molar-refractivity contribution in [2.75, 3.05) is 13.1 Å². The molecule has 7 nitrogen and oxygen atoms in total. The van der Waals surface area contributed by atoms with Crippen LogP contribution in [-0.4, -0.2) is 48.1 Å². The van der Waals surface area contributed by atoms with Gasteiger partial charge in [-0.25, -0.2) is 9.37 Å². The molecule has 1 saturated heterocycles. The number of aromatic nitrogens is 6. The van der Waals surface area contributed by atoms with Crippen LogP contribution < -0.4 is 0 Å². The number of aromatic amines is 2. The monoisotopic (exact) mass is 489 g/mol. The van der Waals surface area contributed by atoms with Crippen LogP contribution in [0.15, 0.2) is 73.3 Å². The number of hydrogen-bond donors (Lipinski definition) is 2. The van der Waals surface area contributed by atoms with Gasteiger partial charge in [-0.3, -0.25) is 20.0 Å². The molecule has 0 amide bonds. The number of nitrogens with zero attached hydrogens (tertiary/aromatic N) is 5. The van der Waals surface area contributed by atoms with Gasteiger partial charge in [0.15, 0.2) is 0 Å². The highest BCUT2D eigenvalue weighted by atomic mass is 19.1. The van der Waals surface area contributed by atoms with E-state index in [2.05, 4.69) is 36.1 Å². The lowest BCUT2D eigenvalue weighted by Crippen LogP contribution is -2.18. The number of pyridine rings is 3. The number of likely N-dealkylation sites (tertiary alicyclic amines) is 1. The molecule has 0 radical (unpaired) electrons. The Labute approximate surface area is 212 Å². The molecule has 1 aliphatic rings. The van der Waals surface area contributed by atoms with Crippen molar-refractivity contribution in [2.24, 2.45) is 0 Å². The Hall–Kier alpha value is -4.43. The van der Waals surface area contributed by atoms with Gasteiger partial charge >= 0.3 is 0 Å². The molecule has 1 aromatic carbocycles. The molecule has 0 bridgehead atoms. The SMILES string of the molecule is Fc1cccc(-c2cncc3[nH]c(-c4n[nH]c5ccc(-c6cncc(CN7CCCC7)c6)nc45)cc23)c1. The molecule has 0 aliphatic carbocycles. The third-order valence-corrected chi connectivity index (χ3v) is 7.04. The van der Waals surface area contributed by atoms with Gasteiger partial charge in [-0.15, -0.1) is 0 Å². The van der Waals surface area contributed by atoms with Gasteiger partial charge in [0.25, 0.3) is 0 Å². The average Bonchev–Trinajstić information content (AvgIpc) is 3.67. The van der Waals surface area contributed by atoms with Gasteiger partial charge in [-0.2, -0.15) is 5.10 Å². The summed E-state index contributed by atoms with van der Waals surface area (Å²) in [5, 5.41) is 8.63. The largest absolute Gasteiger partial charge is 0.352 e. The van der Waals surface area contributed by atoms with E-state index in [1.165, 1.54) is 30.5 Å². The molecule has 0 atom stereocenters. The quantitative estimate of drug-likeness (QED) is 0.312. The molecule has 0 saturated carbocycles. The predicted molar refractivity (Wildman–Crippen MR) is 142 cm³/mol. The smallest absolute Gasteiger partial charge is 0.135 e. The third-order valence-electron chi connectivity index (χ3n) is 7.04. The lowest BCUT2D eigenvalue weighted by atomic mass is 10.0. The molecule has 7 rings (SSSR count). The number of halogens is 1. The Kier molecular flexibility index (Phi) is 5.25. The topological polar surface area (TPSA) is 86.4 Å². The molecule has 1 aliphatic heterocycles. The summed E-state index contributed by atoms with van der Waals surface area (Å²) in [6.45, 7) is 3.21. The predicted octanol–water partition coefficient (Wildman–Crippen LogP) is 5.97. The number of H-pyrrole nitrogens is 2. The number of benzene rings is 1. The van der Waals surface area contributed by atoms with E-state index in [1.807, 2.05) is 36.7 Å². The fourth-order valence-corrected chi connectivity index (χ4v) is 5.23. The summed E-state index contributed by atoms with van der Waals surface area (Å²) in [5.41, 5.74) is 8.67. The first kappa shape index (κ1) is 21.8. The Morgan fingerprint density at radius 3 is 2.65 bits per heavy atom. The molecule has 8 heteroatoms. The molecule has 6 aromatic rings. The summed E-state index contributed by atoms with van der Waals surface area (Å²) in [5.74, 6) is -0.278. The lowest BCUT2D eigenvalue weighted by Gasteiger charge is -2.14. The zero-order valence-electron chi connectivity index (χ0n) is 20.1. The lowest BCUT2D eigenvalue weighted by molar-refractivity contribution is 0.331. The standard InChI is InChI=1S/C29H24FN7/c30-21-5-3-4-19(11-21)23-15-32-16-27-22(23)12-26(33-27)29-28-25(35-36-29)7-6-24(34-28)20-10-18(13-31-14-20)17-37-8-1-2-9-37/h3-7,10-16,33H,1-2,8-9,17H2,(H,35,36). The van der Waals surface area contributed by atoms with Gasteiger partial charge in [-0.05, 0) is 73.5 Å². The van der Waals surface area contributed by atoms with Gasteiger partial charge in [0.1, 0.15) is 17.0 Å². The maximum Gasteiger partial charge on any atom is 0.135 e. The molecule has 6 heterocycles.